The van der Waals surface area contributed by atoms with Gasteiger partial charge in [-0.1, -0.05) is 35.9 Å². The second-order valence-electron chi connectivity index (χ2n) is 7.40. The molecule has 0 amide bonds. The zero-order valence-electron chi connectivity index (χ0n) is 16.7. The van der Waals surface area contributed by atoms with Crippen LogP contribution in [0.15, 0.2) is 42.5 Å². The highest BCUT2D eigenvalue weighted by atomic mass is 35.5. The van der Waals surface area contributed by atoms with Crippen molar-refractivity contribution in [2.45, 2.75) is 39.7 Å². The van der Waals surface area contributed by atoms with Gasteiger partial charge in [0.1, 0.15) is 17.5 Å². The Balaban J connectivity index is 0.00000240. The van der Waals surface area contributed by atoms with Crippen LogP contribution in [0.1, 0.15) is 46.7 Å². The lowest BCUT2D eigenvalue weighted by atomic mass is 9.93. The van der Waals surface area contributed by atoms with Crippen LogP contribution in [0.25, 0.3) is 0 Å². The number of halogens is 3. The molecule has 1 unspecified atom stereocenters. The summed E-state index contributed by atoms with van der Waals surface area (Å²) in [5, 5.41) is 0.778. The minimum Gasteiger partial charge on any atom is -0.349 e. The van der Waals surface area contributed by atoms with E-state index < -0.39 is 0 Å². The van der Waals surface area contributed by atoms with Crippen LogP contribution in [0, 0.1) is 19.7 Å². The molecule has 0 fully saturated rings. The largest absolute Gasteiger partial charge is 0.349 e. The number of hydrogen-bond donors (Lipinski definition) is 0. The van der Waals surface area contributed by atoms with E-state index in [9.17, 15) is 4.39 Å². The molecule has 6 heteroatoms. The number of fused-ring (bicyclic) bond motifs is 1. The fourth-order valence-electron chi connectivity index (χ4n) is 3.93. The van der Waals surface area contributed by atoms with E-state index in [2.05, 4.69) is 35.9 Å². The molecule has 0 saturated heterocycles. The topological polar surface area (TPSA) is 29.0 Å². The number of hydrogen-bond acceptors (Lipinski definition) is 3. The van der Waals surface area contributed by atoms with Gasteiger partial charge >= 0.3 is 0 Å². The van der Waals surface area contributed by atoms with Crippen molar-refractivity contribution >= 4 is 29.8 Å². The summed E-state index contributed by atoms with van der Waals surface area (Å²) in [6, 6.07) is 13.1. The zero-order valence-corrected chi connectivity index (χ0v) is 18.3. The molecule has 2 heterocycles. The smallest absolute Gasteiger partial charge is 0.136 e. The average molecular weight is 432 g/mol. The minimum atomic E-state index is -0.219. The molecule has 0 spiro atoms. The quantitative estimate of drug-likeness (QED) is 0.507. The molecule has 3 nitrogen and oxygen atoms in total. The third-order valence-electron chi connectivity index (χ3n) is 5.63. The predicted octanol–water partition coefficient (Wildman–Crippen LogP) is 6.02. The summed E-state index contributed by atoms with van der Waals surface area (Å²) in [5.74, 6) is 1.37. The van der Waals surface area contributed by atoms with Crippen molar-refractivity contribution in [1.29, 1.82) is 0 Å². The van der Waals surface area contributed by atoms with E-state index in [0.29, 0.717) is 17.8 Å². The molecule has 4 rings (SSSR count). The van der Waals surface area contributed by atoms with Gasteiger partial charge in [0.2, 0.25) is 0 Å². The van der Waals surface area contributed by atoms with Crippen LogP contribution in [0.3, 0.4) is 0 Å². The summed E-state index contributed by atoms with van der Waals surface area (Å²) >= 11 is 6.17. The van der Waals surface area contributed by atoms with Gasteiger partial charge in [0, 0.05) is 29.2 Å². The molecule has 0 bridgehead atoms. The molecule has 1 aliphatic rings. The van der Waals surface area contributed by atoms with Crippen molar-refractivity contribution < 1.29 is 4.39 Å². The van der Waals surface area contributed by atoms with Crippen molar-refractivity contribution in [3.05, 3.63) is 87.1 Å². The van der Waals surface area contributed by atoms with E-state index in [-0.39, 0.29) is 24.3 Å². The number of aryl methyl sites for hydroxylation is 1. The maximum atomic E-state index is 14.1. The second-order valence-corrected chi connectivity index (χ2v) is 7.84. The molecule has 29 heavy (non-hydrogen) atoms. The van der Waals surface area contributed by atoms with E-state index in [0.717, 1.165) is 35.1 Å². The van der Waals surface area contributed by atoms with Gasteiger partial charge in [-0.25, -0.2) is 14.4 Å². The Morgan fingerprint density at radius 1 is 1.14 bits per heavy atom. The highest BCUT2D eigenvalue weighted by molar-refractivity contribution is 6.30. The second kappa shape index (κ2) is 8.68. The van der Waals surface area contributed by atoms with E-state index in [1.165, 1.54) is 17.2 Å². The molecule has 1 aromatic heterocycles. The average Bonchev–Trinajstić information content (AvgIpc) is 2.67. The van der Waals surface area contributed by atoms with Crippen LogP contribution in [-0.2, 0) is 12.8 Å². The van der Waals surface area contributed by atoms with Gasteiger partial charge < -0.3 is 4.90 Å². The van der Waals surface area contributed by atoms with Crippen LogP contribution >= 0.6 is 24.0 Å². The van der Waals surface area contributed by atoms with Gasteiger partial charge in [-0.3, -0.25) is 0 Å². The molecule has 3 aromatic rings. The first kappa shape index (κ1) is 21.5. The van der Waals surface area contributed by atoms with Gasteiger partial charge in [0.25, 0.3) is 0 Å². The number of benzene rings is 2. The highest BCUT2D eigenvalue weighted by Crippen LogP contribution is 2.35. The van der Waals surface area contributed by atoms with E-state index in [1.54, 1.807) is 12.1 Å². The first-order valence-corrected chi connectivity index (χ1v) is 9.94. The van der Waals surface area contributed by atoms with Crippen molar-refractivity contribution in [1.82, 2.24) is 9.97 Å². The Morgan fingerprint density at radius 3 is 2.66 bits per heavy atom. The Morgan fingerprint density at radius 2 is 1.90 bits per heavy atom. The standard InChI is InChI=1S/C23H23ClFN3.ClH/c1-14-15(2)26-22(13-18-6-4-5-7-21(18)25)27-23(14)28-11-10-17-12-19(24)8-9-20(17)16(28)3;/h4-9,12,16H,10-11,13H2,1-3H3;1H. The number of aromatic nitrogens is 2. The molecular weight excluding hydrogens is 408 g/mol. The van der Waals surface area contributed by atoms with Crippen LogP contribution < -0.4 is 4.90 Å². The lowest BCUT2D eigenvalue weighted by molar-refractivity contribution is 0.605. The van der Waals surface area contributed by atoms with Crippen molar-refractivity contribution in [3.8, 4) is 0 Å². The SMILES string of the molecule is Cc1nc(Cc2ccccc2F)nc(N2CCc3cc(Cl)ccc3C2C)c1C.Cl. The summed E-state index contributed by atoms with van der Waals surface area (Å²) in [5.41, 5.74) is 5.20. The van der Waals surface area contributed by atoms with E-state index in [4.69, 9.17) is 16.6 Å². The molecule has 1 atom stereocenters. The molecule has 1 aliphatic heterocycles. The Bertz CT molecular complexity index is 1040. The molecule has 0 saturated carbocycles. The maximum absolute atomic E-state index is 14.1. The Kier molecular flexibility index (Phi) is 6.45. The molecule has 0 N–H and O–H groups in total. The maximum Gasteiger partial charge on any atom is 0.136 e. The lowest BCUT2D eigenvalue weighted by Gasteiger charge is -2.37. The van der Waals surface area contributed by atoms with Crippen molar-refractivity contribution in [2.75, 3.05) is 11.4 Å². The van der Waals surface area contributed by atoms with Gasteiger partial charge in [-0.2, -0.15) is 0 Å². The van der Waals surface area contributed by atoms with Crippen LogP contribution in [0.5, 0.6) is 0 Å². The first-order valence-electron chi connectivity index (χ1n) is 9.56. The van der Waals surface area contributed by atoms with Crippen molar-refractivity contribution in [2.24, 2.45) is 0 Å². The summed E-state index contributed by atoms with van der Waals surface area (Å²) in [7, 11) is 0. The molecule has 0 radical (unpaired) electrons. The van der Waals surface area contributed by atoms with Gasteiger partial charge in [-0.05, 0) is 62.1 Å². The summed E-state index contributed by atoms with van der Waals surface area (Å²) in [6.45, 7) is 7.11. The fraction of sp³-hybridized carbons (Fsp3) is 0.304. The molecular formula is C23H24Cl2FN3. The monoisotopic (exact) mass is 431 g/mol. The first-order chi connectivity index (χ1) is 13.4. The van der Waals surface area contributed by atoms with Gasteiger partial charge in [-0.15, -0.1) is 12.4 Å². The molecule has 152 valence electrons. The fourth-order valence-corrected chi connectivity index (χ4v) is 4.13. The highest BCUT2D eigenvalue weighted by Gasteiger charge is 2.27. The third-order valence-corrected chi connectivity index (χ3v) is 5.87. The number of nitrogens with zero attached hydrogens (tertiary/aromatic N) is 3. The number of anilines is 1. The molecule has 0 aliphatic carbocycles. The zero-order chi connectivity index (χ0) is 19.8. The van der Waals surface area contributed by atoms with Crippen LogP contribution in [0.4, 0.5) is 10.2 Å². The van der Waals surface area contributed by atoms with E-state index in [1.807, 2.05) is 19.1 Å². The Labute approximate surface area is 182 Å². The number of rotatable bonds is 3. The van der Waals surface area contributed by atoms with Crippen LogP contribution in [-0.4, -0.2) is 16.5 Å². The molecule has 2 aromatic carbocycles. The van der Waals surface area contributed by atoms with Crippen molar-refractivity contribution in [3.63, 3.8) is 0 Å². The Hall–Kier alpha value is -2.17. The predicted molar refractivity (Wildman–Crippen MR) is 119 cm³/mol. The lowest BCUT2D eigenvalue weighted by Crippen LogP contribution is -2.35. The minimum absolute atomic E-state index is 0. The summed E-state index contributed by atoms with van der Waals surface area (Å²) in [6.07, 6.45) is 1.31. The summed E-state index contributed by atoms with van der Waals surface area (Å²) < 4.78 is 14.1. The third kappa shape index (κ3) is 4.24. The van der Waals surface area contributed by atoms with Gasteiger partial charge in [0.05, 0.1) is 6.04 Å². The summed E-state index contributed by atoms with van der Waals surface area (Å²) in [4.78, 5) is 11.8. The van der Waals surface area contributed by atoms with Gasteiger partial charge in [0.15, 0.2) is 0 Å². The normalized spacial score (nSPS) is 15.6. The van der Waals surface area contributed by atoms with Crippen LogP contribution in [0.2, 0.25) is 5.02 Å². The van der Waals surface area contributed by atoms with E-state index >= 15 is 0 Å².